The van der Waals surface area contributed by atoms with Crippen molar-refractivity contribution >= 4 is 6.09 Å². The third-order valence-electron chi connectivity index (χ3n) is 3.24. The summed E-state index contributed by atoms with van der Waals surface area (Å²) in [5.41, 5.74) is 5.59. The van der Waals surface area contributed by atoms with Crippen LogP contribution < -0.4 is 5.73 Å². The number of carbonyl (C=O) groups is 1. The lowest BCUT2D eigenvalue weighted by Crippen LogP contribution is -2.49. The van der Waals surface area contributed by atoms with Gasteiger partial charge in [0, 0.05) is 26.2 Å². The quantitative estimate of drug-likeness (QED) is 0.774. The number of hydrogen-bond donors (Lipinski definition) is 1. The Morgan fingerprint density at radius 2 is 2.00 bits per heavy atom. The lowest BCUT2D eigenvalue weighted by atomic mass is 10.1. The molecule has 0 aromatic rings. The lowest BCUT2D eigenvalue weighted by molar-refractivity contribution is 0.0784. The minimum Gasteiger partial charge on any atom is -0.450 e. The maximum absolute atomic E-state index is 11.5. The first-order valence-electron chi connectivity index (χ1n) is 6.51. The van der Waals surface area contributed by atoms with Crippen molar-refractivity contribution in [3.63, 3.8) is 0 Å². The molecule has 0 bridgehead atoms. The highest BCUT2D eigenvalue weighted by atomic mass is 16.6. The summed E-state index contributed by atoms with van der Waals surface area (Å²) in [4.78, 5) is 15.7. The molecule has 0 radical (unpaired) electrons. The van der Waals surface area contributed by atoms with E-state index in [1.165, 1.54) is 0 Å². The van der Waals surface area contributed by atoms with E-state index in [0.717, 1.165) is 45.7 Å². The molecule has 100 valence electrons. The number of piperazine rings is 1. The molecule has 0 aliphatic carbocycles. The van der Waals surface area contributed by atoms with Crippen LogP contribution in [-0.2, 0) is 4.74 Å². The molecule has 0 aromatic carbocycles. The van der Waals surface area contributed by atoms with Gasteiger partial charge in [0.25, 0.3) is 0 Å². The minimum absolute atomic E-state index is 0.178. The second-order valence-electron chi connectivity index (χ2n) is 4.66. The normalized spacial score (nSPS) is 19.1. The summed E-state index contributed by atoms with van der Waals surface area (Å²) in [6.45, 7) is 9.72. The van der Waals surface area contributed by atoms with Crippen LogP contribution >= 0.6 is 0 Å². The SMILES string of the molecule is CCOC(=O)N1CCN(CCC(C)CN)CC1. The van der Waals surface area contributed by atoms with Crippen molar-refractivity contribution in [1.82, 2.24) is 9.80 Å². The molecule has 0 aromatic heterocycles. The molecule has 0 saturated carbocycles. The Labute approximate surface area is 104 Å². The van der Waals surface area contributed by atoms with Gasteiger partial charge in [-0.25, -0.2) is 4.79 Å². The van der Waals surface area contributed by atoms with Crippen LogP contribution in [0.4, 0.5) is 4.79 Å². The van der Waals surface area contributed by atoms with Gasteiger partial charge in [-0.2, -0.15) is 0 Å². The van der Waals surface area contributed by atoms with Gasteiger partial charge in [0.2, 0.25) is 0 Å². The topological polar surface area (TPSA) is 58.8 Å². The predicted octanol–water partition coefficient (Wildman–Crippen LogP) is 0.745. The van der Waals surface area contributed by atoms with Crippen molar-refractivity contribution in [3.05, 3.63) is 0 Å². The molecule has 5 heteroatoms. The van der Waals surface area contributed by atoms with E-state index in [-0.39, 0.29) is 6.09 Å². The average molecular weight is 243 g/mol. The van der Waals surface area contributed by atoms with Crippen LogP contribution in [0.3, 0.4) is 0 Å². The van der Waals surface area contributed by atoms with Gasteiger partial charge in [0.1, 0.15) is 0 Å². The maximum atomic E-state index is 11.5. The highest BCUT2D eigenvalue weighted by Gasteiger charge is 2.21. The third kappa shape index (κ3) is 4.91. The molecule has 1 atom stereocenters. The summed E-state index contributed by atoms with van der Waals surface area (Å²) in [6.07, 6.45) is 0.957. The van der Waals surface area contributed by atoms with Gasteiger partial charge in [-0.3, -0.25) is 4.90 Å². The molecule has 1 rings (SSSR count). The second kappa shape index (κ2) is 7.50. The zero-order valence-electron chi connectivity index (χ0n) is 11.0. The highest BCUT2D eigenvalue weighted by molar-refractivity contribution is 5.67. The van der Waals surface area contributed by atoms with E-state index in [1.54, 1.807) is 4.90 Å². The van der Waals surface area contributed by atoms with Gasteiger partial charge < -0.3 is 15.4 Å². The van der Waals surface area contributed by atoms with E-state index in [1.807, 2.05) is 6.92 Å². The Bertz CT molecular complexity index is 228. The minimum atomic E-state index is -0.178. The van der Waals surface area contributed by atoms with E-state index < -0.39 is 0 Å². The van der Waals surface area contributed by atoms with E-state index in [4.69, 9.17) is 10.5 Å². The molecule has 1 unspecified atom stereocenters. The lowest BCUT2D eigenvalue weighted by Gasteiger charge is -2.34. The van der Waals surface area contributed by atoms with Gasteiger partial charge in [-0.15, -0.1) is 0 Å². The van der Waals surface area contributed by atoms with Crippen LogP contribution in [0.1, 0.15) is 20.3 Å². The molecule has 1 aliphatic rings. The largest absolute Gasteiger partial charge is 0.450 e. The molecule has 5 nitrogen and oxygen atoms in total. The first kappa shape index (κ1) is 14.3. The number of nitrogens with two attached hydrogens (primary N) is 1. The van der Waals surface area contributed by atoms with Crippen molar-refractivity contribution in [2.75, 3.05) is 45.9 Å². The Morgan fingerprint density at radius 1 is 1.35 bits per heavy atom. The fraction of sp³-hybridized carbons (Fsp3) is 0.917. The monoisotopic (exact) mass is 243 g/mol. The van der Waals surface area contributed by atoms with Crippen molar-refractivity contribution in [2.24, 2.45) is 11.7 Å². The highest BCUT2D eigenvalue weighted by Crippen LogP contribution is 2.07. The van der Waals surface area contributed by atoms with Crippen molar-refractivity contribution in [1.29, 1.82) is 0 Å². The molecular formula is C12H25N3O2. The number of ether oxygens (including phenoxy) is 1. The number of amides is 1. The van der Waals surface area contributed by atoms with Crippen LogP contribution in [0.2, 0.25) is 0 Å². The summed E-state index contributed by atoms with van der Waals surface area (Å²) in [7, 11) is 0. The van der Waals surface area contributed by atoms with Crippen molar-refractivity contribution in [2.45, 2.75) is 20.3 Å². The Hall–Kier alpha value is -0.810. The zero-order chi connectivity index (χ0) is 12.7. The van der Waals surface area contributed by atoms with Crippen LogP contribution in [-0.4, -0.2) is 61.8 Å². The molecule has 1 saturated heterocycles. The molecule has 1 amide bonds. The molecule has 1 heterocycles. The van der Waals surface area contributed by atoms with Crippen molar-refractivity contribution in [3.8, 4) is 0 Å². The molecule has 17 heavy (non-hydrogen) atoms. The van der Waals surface area contributed by atoms with Crippen LogP contribution in [0.5, 0.6) is 0 Å². The van der Waals surface area contributed by atoms with Crippen molar-refractivity contribution < 1.29 is 9.53 Å². The fourth-order valence-corrected chi connectivity index (χ4v) is 1.89. The third-order valence-corrected chi connectivity index (χ3v) is 3.24. The summed E-state index contributed by atoms with van der Waals surface area (Å²) >= 11 is 0. The number of nitrogens with zero attached hydrogens (tertiary/aromatic N) is 2. The van der Waals surface area contributed by atoms with E-state index in [9.17, 15) is 4.79 Å². The average Bonchev–Trinajstić information content (AvgIpc) is 2.36. The Balaban J connectivity index is 2.19. The van der Waals surface area contributed by atoms with Gasteiger partial charge >= 0.3 is 6.09 Å². The fourth-order valence-electron chi connectivity index (χ4n) is 1.89. The molecule has 1 fully saturated rings. The van der Waals surface area contributed by atoms with E-state index in [2.05, 4.69) is 11.8 Å². The molecular weight excluding hydrogens is 218 g/mol. The first-order valence-corrected chi connectivity index (χ1v) is 6.51. The van der Waals surface area contributed by atoms with E-state index >= 15 is 0 Å². The summed E-state index contributed by atoms with van der Waals surface area (Å²) in [6, 6.07) is 0. The van der Waals surface area contributed by atoms with Gasteiger partial charge in [-0.1, -0.05) is 6.92 Å². The summed E-state index contributed by atoms with van der Waals surface area (Å²) in [5, 5.41) is 0. The molecule has 0 spiro atoms. The predicted molar refractivity (Wildman–Crippen MR) is 67.9 cm³/mol. The summed E-state index contributed by atoms with van der Waals surface area (Å²) in [5.74, 6) is 0.582. The van der Waals surface area contributed by atoms with Gasteiger partial charge in [0.15, 0.2) is 0 Å². The number of hydrogen-bond acceptors (Lipinski definition) is 4. The van der Waals surface area contributed by atoms with E-state index in [0.29, 0.717) is 12.5 Å². The Morgan fingerprint density at radius 3 is 2.53 bits per heavy atom. The summed E-state index contributed by atoms with van der Waals surface area (Å²) < 4.78 is 4.98. The first-order chi connectivity index (χ1) is 8.17. The van der Waals surface area contributed by atoms with Crippen LogP contribution in [0.25, 0.3) is 0 Å². The van der Waals surface area contributed by atoms with Crippen LogP contribution in [0, 0.1) is 5.92 Å². The van der Waals surface area contributed by atoms with Gasteiger partial charge in [-0.05, 0) is 32.4 Å². The van der Waals surface area contributed by atoms with Crippen LogP contribution in [0.15, 0.2) is 0 Å². The number of carbonyl (C=O) groups excluding carboxylic acids is 1. The standard InChI is InChI=1S/C12H25N3O2/c1-3-17-12(16)15-8-6-14(7-9-15)5-4-11(2)10-13/h11H,3-10,13H2,1-2H3. The Kier molecular flexibility index (Phi) is 6.29. The molecule has 1 aliphatic heterocycles. The number of rotatable bonds is 5. The zero-order valence-corrected chi connectivity index (χ0v) is 11.0. The maximum Gasteiger partial charge on any atom is 0.409 e. The second-order valence-corrected chi connectivity index (χ2v) is 4.66. The molecule has 2 N–H and O–H groups in total. The smallest absolute Gasteiger partial charge is 0.409 e. The van der Waals surface area contributed by atoms with Gasteiger partial charge in [0.05, 0.1) is 6.61 Å².